The maximum absolute atomic E-state index is 11.7. The van der Waals surface area contributed by atoms with Crippen LogP contribution in [0.4, 0.5) is 0 Å². The molecule has 6 aliphatic heterocycles. The summed E-state index contributed by atoms with van der Waals surface area (Å²) in [4.78, 5) is 33.5. The first kappa shape index (κ1) is 65.5. The van der Waals surface area contributed by atoms with Crippen molar-refractivity contribution in [1.82, 2.24) is 0 Å². The maximum atomic E-state index is 11.7. The lowest BCUT2D eigenvalue weighted by atomic mass is 9.96. The fourth-order valence-corrected chi connectivity index (χ4v) is 9.36. The third kappa shape index (κ3) is 15.6. The van der Waals surface area contributed by atoms with Crippen molar-refractivity contribution in [3.63, 3.8) is 0 Å². The van der Waals surface area contributed by atoms with Gasteiger partial charge in [-0.2, -0.15) is 0 Å². The summed E-state index contributed by atoms with van der Waals surface area (Å²) in [5.41, 5.74) is 0. The van der Waals surface area contributed by atoms with Crippen LogP contribution in [-0.2, 0) is 75.6 Å². The number of hydrogen-bond donors (Lipinski definition) is 21. The second-order valence-electron chi connectivity index (χ2n) is 18.9. The van der Waals surface area contributed by atoms with Gasteiger partial charge >= 0.3 is 13.8 Å². The van der Waals surface area contributed by atoms with Crippen LogP contribution >= 0.6 is 7.82 Å². The second kappa shape index (κ2) is 28.8. The lowest BCUT2D eigenvalue weighted by molar-refractivity contribution is -0.391. The van der Waals surface area contributed by atoms with Gasteiger partial charge in [0.2, 0.25) is 0 Å². The molecule has 0 saturated carbocycles. The van der Waals surface area contributed by atoms with E-state index in [0.717, 1.165) is 0 Å². The lowest BCUT2D eigenvalue weighted by Gasteiger charge is -2.48. The molecular formula is C40H69O37P. The Morgan fingerprint density at radius 2 is 0.769 bits per heavy atom. The molecule has 38 heteroatoms. The fraction of sp³-hybridized carbons (Fsp3) is 0.975. The number of ether oxygens (including phenoxy) is 12. The van der Waals surface area contributed by atoms with E-state index in [2.05, 4.69) is 9.41 Å². The molecule has 6 fully saturated rings. The molecule has 0 bridgehead atoms. The van der Waals surface area contributed by atoms with E-state index in [1.165, 1.54) is 0 Å². The molecule has 21 N–H and O–H groups in total. The van der Waals surface area contributed by atoms with Crippen LogP contribution in [0.2, 0.25) is 0 Å². The van der Waals surface area contributed by atoms with Crippen LogP contribution in [0.3, 0.4) is 0 Å². The maximum Gasteiger partial charge on any atom is 0.469 e. The van der Waals surface area contributed by atoms with Gasteiger partial charge in [0, 0.05) is 6.42 Å². The van der Waals surface area contributed by atoms with E-state index in [0.29, 0.717) is 0 Å². The third-order valence-corrected chi connectivity index (χ3v) is 14.0. The van der Waals surface area contributed by atoms with Gasteiger partial charge in [-0.05, 0) is 6.42 Å². The van der Waals surface area contributed by atoms with E-state index < -0.39 is 251 Å². The summed E-state index contributed by atoms with van der Waals surface area (Å²) in [5.74, 6) is -1.24. The van der Waals surface area contributed by atoms with Gasteiger partial charge < -0.3 is 159 Å². The van der Waals surface area contributed by atoms with Crippen molar-refractivity contribution < 1.29 is 183 Å². The van der Waals surface area contributed by atoms with Crippen molar-refractivity contribution in [2.75, 3.05) is 46.2 Å². The molecule has 6 saturated heterocycles. The third-order valence-electron chi connectivity index (χ3n) is 13.5. The van der Waals surface area contributed by atoms with Crippen molar-refractivity contribution in [3.8, 4) is 0 Å². The van der Waals surface area contributed by atoms with Gasteiger partial charge in [-0.25, -0.2) is 9.45 Å². The molecule has 0 aliphatic carbocycles. The normalized spacial score (nSPS) is 47.7. The number of aliphatic hydroxyl groups excluding tert-OH is 17. The molecule has 6 rings (SSSR count). The smallest absolute Gasteiger partial charge is 0.469 e. The van der Waals surface area contributed by atoms with E-state index in [1.807, 2.05) is 0 Å². The van der Waals surface area contributed by atoms with E-state index in [-0.39, 0.29) is 6.42 Å². The Morgan fingerprint density at radius 1 is 0.397 bits per heavy atom. The highest BCUT2D eigenvalue weighted by Crippen LogP contribution is 2.39. The van der Waals surface area contributed by atoms with Gasteiger partial charge in [-0.1, -0.05) is 0 Å². The van der Waals surface area contributed by atoms with E-state index >= 15 is 0 Å². The number of aliphatic hydroxyl groups is 17. The van der Waals surface area contributed by atoms with Crippen molar-refractivity contribution in [2.24, 2.45) is 0 Å². The highest BCUT2D eigenvalue weighted by Gasteiger charge is 2.56. The van der Waals surface area contributed by atoms with Gasteiger partial charge in [0.25, 0.3) is 0 Å². The van der Waals surface area contributed by atoms with Gasteiger partial charge in [-0.3, -0.25) is 14.6 Å². The highest BCUT2D eigenvalue weighted by molar-refractivity contribution is 7.46. The van der Waals surface area contributed by atoms with Crippen LogP contribution in [0.5, 0.6) is 0 Å². The van der Waals surface area contributed by atoms with Gasteiger partial charge in [-0.15, -0.1) is 0 Å². The van der Waals surface area contributed by atoms with Crippen LogP contribution in [-0.4, -0.2) is 343 Å². The zero-order valence-corrected chi connectivity index (χ0v) is 41.4. The van der Waals surface area contributed by atoms with Gasteiger partial charge in [0.1, 0.15) is 153 Å². The van der Waals surface area contributed by atoms with E-state index in [4.69, 9.17) is 77.0 Å². The molecular weight excluding hydrogens is 1100 g/mol. The van der Waals surface area contributed by atoms with Crippen molar-refractivity contribution in [3.05, 3.63) is 0 Å². The molecule has 12 unspecified atom stereocenters. The molecule has 30 atom stereocenters. The average molecular weight is 1170 g/mol. The minimum absolute atomic E-state index is 0.180. The standard InChI is InChI=1S/C40H69O37P/c41-4-10-17(45)26(54)33(76-37-29(57)24(52)20(48)14(73-37)8-67-60)39(69-10)66-6-12-19(47)23(51)28(56)35(71-12)65-7-13-22(50)32(31(59)36(72-13)64-3-1-2-16(43)44)75-40-34(27(55)18(46)11(5-42)70-40)77-38-30(58)25(53)21(49)15(74-38)9-68-78(61,62)63/h10-15,17-42,45-60H,1-9H2,(H,43,44)(H2,61,62,63)/t10?,11?,12?,13?,14?,15?,17-,18-,19-,20-,21-,22-,23+,24+,25+,26+,27+,28?,29?,30?,31?,32+,33?,34?,35+,36-,37+,38-,39+,40+/m1/s1. The Kier molecular flexibility index (Phi) is 24.1. The number of phosphoric acid groups is 1. The molecule has 0 radical (unpaired) electrons. The summed E-state index contributed by atoms with van der Waals surface area (Å²) in [6, 6.07) is 0. The van der Waals surface area contributed by atoms with Crippen LogP contribution in [0.1, 0.15) is 12.8 Å². The first-order chi connectivity index (χ1) is 36.7. The van der Waals surface area contributed by atoms with Crippen LogP contribution in [0.25, 0.3) is 0 Å². The summed E-state index contributed by atoms with van der Waals surface area (Å²) < 4.78 is 83.3. The Hall–Kier alpha value is -1.66. The molecule has 0 amide bonds. The number of hydrogen-bond acceptors (Lipinski definition) is 34. The Balaban J connectivity index is 1.19. The number of carboxylic acid groups (broad SMARTS) is 1. The SMILES string of the molecule is O=C(O)CCCO[C@@H]1OC(CO[C@H]2OC(CO[C@H]3OC(CO)[C@@H](O)[C@H](O)C3O[C@@H]3OC(COO)[C@@H](O)[C@H](O)C3O)[C@@H](O)[C@H](O)C2O)[C@@H](O)[C@H](O[C@@H]2OC(CO)[C@@H](O)[C@H](O)C2O[C@H]2OC(COP(=O)(O)O)[C@@H](O)[C@H](O)C2O)C1O. The Labute approximate surface area is 439 Å². The number of aliphatic carboxylic acids is 1. The number of phosphoric ester groups is 1. The molecule has 0 aromatic heterocycles. The molecule has 37 nitrogen and oxygen atoms in total. The molecule has 0 spiro atoms. The average Bonchev–Trinajstić information content (AvgIpc) is 3.45. The predicted molar refractivity (Wildman–Crippen MR) is 232 cm³/mol. The van der Waals surface area contributed by atoms with Crippen molar-refractivity contribution in [2.45, 2.75) is 197 Å². The second-order valence-corrected chi connectivity index (χ2v) is 20.1. The largest absolute Gasteiger partial charge is 0.481 e. The quantitative estimate of drug-likeness (QED) is 0.0185. The first-order valence-corrected chi connectivity index (χ1v) is 25.6. The van der Waals surface area contributed by atoms with Crippen LogP contribution in [0.15, 0.2) is 0 Å². The summed E-state index contributed by atoms with van der Waals surface area (Å²) >= 11 is 0. The van der Waals surface area contributed by atoms with E-state index in [1.54, 1.807) is 0 Å². The molecule has 0 aromatic rings. The molecule has 78 heavy (non-hydrogen) atoms. The lowest BCUT2D eigenvalue weighted by Crippen LogP contribution is -2.67. The molecule has 456 valence electrons. The van der Waals surface area contributed by atoms with E-state index in [9.17, 15) is 96.2 Å². The van der Waals surface area contributed by atoms with Gasteiger partial charge in [0.05, 0.1) is 39.6 Å². The predicted octanol–water partition coefficient (Wildman–Crippen LogP) is -12.6. The molecule has 6 aliphatic rings. The minimum Gasteiger partial charge on any atom is -0.481 e. The minimum atomic E-state index is -5.21. The zero-order valence-electron chi connectivity index (χ0n) is 40.6. The zero-order chi connectivity index (χ0) is 57.7. The van der Waals surface area contributed by atoms with Crippen LogP contribution < -0.4 is 0 Å². The number of carbonyl (C=O) groups is 1. The monoisotopic (exact) mass is 1170 g/mol. The Morgan fingerprint density at radius 3 is 1.24 bits per heavy atom. The number of carboxylic acids is 1. The topological polar surface area (TPSA) is 588 Å². The first-order valence-electron chi connectivity index (χ1n) is 24.1. The molecule has 0 aromatic carbocycles. The summed E-state index contributed by atoms with van der Waals surface area (Å²) in [6.45, 7) is -6.10. The van der Waals surface area contributed by atoms with Crippen molar-refractivity contribution in [1.29, 1.82) is 0 Å². The number of rotatable bonds is 24. The van der Waals surface area contributed by atoms with Gasteiger partial charge in [0.15, 0.2) is 37.7 Å². The highest BCUT2D eigenvalue weighted by atomic mass is 31.2. The summed E-state index contributed by atoms with van der Waals surface area (Å²) in [7, 11) is -5.21. The summed E-state index contributed by atoms with van der Waals surface area (Å²) in [6.07, 6.45) is -60.2. The van der Waals surface area contributed by atoms with Crippen LogP contribution in [0, 0.1) is 0 Å². The fourth-order valence-electron chi connectivity index (χ4n) is 9.02. The molecule has 6 heterocycles. The van der Waals surface area contributed by atoms with Crippen molar-refractivity contribution >= 4 is 13.8 Å². The summed E-state index contributed by atoms with van der Waals surface area (Å²) in [5, 5.41) is 201. The Bertz CT molecular complexity index is 1880.